The number of hydrogen-bond acceptors (Lipinski definition) is 2. The van der Waals surface area contributed by atoms with Crippen LogP contribution < -0.4 is 10.6 Å². The molecule has 2 aromatic rings. The largest absolute Gasteiger partial charge is 0.349 e. The summed E-state index contributed by atoms with van der Waals surface area (Å²) in [5, 5.41) is 6.71. The number of amides is 2. The fourth-order valence-corrected chi connectivity index (χ4v) is 3.30. The van der Waals surface area contributed by atoms with Gasteiger partial charge >= 0.3 is 0 Å². The van der Waals surface area contributed by atoms with Crippen molar-refractivity contribution in [1.82, 2.24) is 10.6 Å². The monoisotopic (exact) mass is 370 g/mol. The quantitative estimate of drug-likeness (QED) is 0.768. The molecule has 2 aromatic carbocycles. The minimum Gasteiger partial charge on any atom is -0.349 e. The molecule has 1 aliphatic rings. The zero-order valence-corrected chi connectivity index (χ0v) is 15.5. The van der Waals surface area contributed by atoms with Gasteiger partial charge in [0, 0.05) is 11.9 Å². The first-order chi connectivity index (χ1) is 12.5. The minimum atomic E-state index is -0.334. The molecule has 5 heteroatoms. The third-order valence-corrected chi connectivity index (χ3v) is 4.86. The van der Waals surface area contributed by atoms with Gasteiger partial charge in [-0.2, -0.15) is 0 Å². The Morgan fingerprint density at radius 2 is 1.65 bits per heavy atom. The van der Waals surface area contributed by atoms with Gasteiger partial charge in [0.25, 0.3) is 0 Å². The molecule has 2 unspecified atom stereocenters. The van der Waals surface area contributed by atoms with E-state index in [-0.39, 0.29) is 30.3 Å². The zero-order valence-electron chi connectivity index (χ0n) is 14.7. The van der Waals surface area contributed by atoms with Gasteiger partial charge in [-0.3, -0.25) is 9.59 Å². The molecular formula is C21H23ClN2O2. The molecule has 0 saturated heterocycles. The summed E-state index contributed by atoms with van der Waals surface area (Å²) in [5.74, 6) is 0.249. The summed E-state index contributed by atoms with van der Waals surface area (Å²) in [4.78, 5) is 24.3. The average molecular weight is 371 g/mol. The second kappa shape index (κ2) is 8.37. The predicted octanol–water partition coefficient (Wildman–Crippen LogP) is 4.17. The van der Waals surface area contributed by atoms with E-state index in [9.17, 15) is 9.59 Å². The van der Waals surface area contributed by atoms with E-state index in [0.717, 1.165) is 24.0 Å². The van der Waals surface area contributed by atoms with E-state index in [1.807, 2.05) is 54.6 Å². The van der Waals surface area contributed by atoms with Crippen LogP contribution in [0.15, 0.2) is 54.6 Å². The minimum absolute atomic E-state index is 0.00600. The first-order valence-electron chi connectivity index (χ1n) is 8.90. The maximum absolute atomic E-state index is 12.7. The summed E-state index contributed by atoms with van der Waals surface area (Å²) in [6.45, 7) is 1.47. The highest BCUT2D eigenvalue weighted by Crippen LogP contribution is 2.41. The van der Waals surface area contributed by atoms with Gasteiger partial charge in [0.05, 0.1) is 18.5 Å². The standard InChI is InChI=1S/C21H23ClN2O2/c1-14(25)23-19(15-5-3-2-4-6-15)13-20(26)24-21(16-7-8-16)17-9-11-18(22)12-10-17/h2-6,9-12,16,19,21H,7-8,13H2,1H3,(H,23,25)(H,24,26). The van der Waals surface area contributed by atoms with E-state index in [1.165, 1.54) is 6.92 Å². The average Bonchev–Trinajstić information content (AvgIpc) is 3.45. The summed E-state index contributed by atoms with van der Waals surface area (Å²) in [7, 11) is 0. The molecule has 0 radical (unpaired) electrons. The number of hydrogen-bond donors (Lipinski definition) is 2. The maximum Gasteiger partial charge on any atom is 0.222 e. The lowest BCUT2D eigenvalue weighted by Crippen LogP contribution is -2.35. The molecule has 0 aromatic heterocycles. The van der Waals surface area contributed by atoms with Crippen molar-refractivity contribution in [3.8, 4) is 0 Å². The second-order valence-corrected chi connectivity index (χ2v) is 7.24. The molecule has 0 spiro atoms. The predicted molar refractivity (Wildman–Crippen MR) is 103 cm³/mol. The Labute approximate surface area is 158 Å². The second-order valence-electron chi connectivity index (χ2n) is 6.80. The first-order valence-corrected chi connectivity index (χ1v) is 9.27. The summed E-state index contributed by atoms with van der Waals surface area (Å²) >= 11 is 5.97. The van der Waals surface area contributed by atoms with E-state index in [1.54, 1.807) is 0 Å². The summed E-state index contributed by atoms with van der Waals surface area (Å²) in [6, 6.07) is 16.9. The molecular weight excluding hydrogens is 348 g/mol. The molecule has 4 nitrogen and oxygen atoms in total. The third-order valence-electron chi connectivity index (χ3n) is 4.61. The lowest BCUT2D eigenvalue weighted by Gasteiger charge is -2.22. The van der Waals surface area contributed by atoms with Crippen molar-refractivity contribution in [2.45, 2.75) is 38.3 Å². The molecule has 1 fully saturated rings. The molecule has 136 valence electrons. The normalized spacial score (nSPS) is 15.8. The zero-order chi connectivity index (χ0) is 18.5. The van der Waals surface area contributed by atoms with Crippen LogP contribution >= 0.6 is 11.6 Å². The summed E-state index contributed by atoms with van der Waals surface area (Å²) in [5.41, 5.74) is 1.99. The highest BCUT2D eigenvalue weighted by molar-refractivity contribution is 6.30. The van der Waals surface area contributed by atoms with Crippen LogP contribution in [0.25, 0.3) is 0 Å². The lowest BCUT2D eigenvalue weighted by molar-refractivity contribution is -0.123. The number of carbonyl (C=O) groups is 2. The van der Waals surface area contributed by atoms with Crippen molar-refractivity contribution in [2.24, 2.45) is 5.92 Å². The Kier molecular flexibility index (Phi) is 5.94. The van der Waals surface area contributed by atoms with Crippen LogP contribution in [-0.2, 0) is 9.59 Å². The van der Waals surface area contributed by atoms with Crippen LogP contribution in [0.3, 0.4) is 0 Å². The number of nitrogens with one attached hydrogen (secondary N) is 2. The van der Waals surface area contributed by atoms with Crippen molar-refractivity contribution in [3.63, 3.8) is 0 Å². The molecule has 0 aliphatic heterocycles. The topological polar surface area (TPSA) is 58.2 Å². The van der Waals surface area contributed by atoms with Crippen molar-refractivity contribution >= 4 is 23.4 Å². The molecule has 3 rings (SSSR count). The third kappa shape index (κ3) is 5.09. The van der Waals surface area contributed by atoms with Gasteiger partial charge in [-0.15, -0.1) is 0 Å². The van der Waals surface area contributed by atoms with Gasteiger partial charge in [-0.25, -0.2) is 0 Å². The fraction of sp³-hybridized carbons (Fsp3) is 0.333. The summed E-state index contributed by atoms with van der Waals surface area (Å²) < 4.78 is 0. The van der Waals surface area contributed by atoms with Gasteiger partial charge in [0.15, 0.2) is 0 Å². The Balaban J connectivity index is 1.70. The van der Waals surface area contributed by atoms with Gasteiger partial charge in [-0.05, 0) is 42.0 Å². The number of carbonyl (C=O) groups excluding carboxylic acids is 2. The molecule has 0 heterocycles. The lowest BCUT2D eigenvalue weighted by atomic mass is 10.00. The summed E-state index contributed by atoms with van der Waals surface area (Å²) in [6.07, 6.45) is 2.43. The highest BCUT2D eigenvalue weighted by Gasteiger charge is 2.33. The van der Waals surface area contributed by atoms with E-state index < -0.39 is 0 Å². The maximum atomic E-state index is 12.7. The van der Waals surface area contributed by atoms with Gasteiger partial charge in [0.1, 0.15) is 0 Å². The number of rotatable bonds is 7. The molecule has 1 aliphatic carbocycles. The molecule has 26 heavy (non-hydrogen) atoms. The van der Waals surface area contributed by atoms with Crippen LogP contribution in [-0.4, -0.2) is 11.8 Å². The van der Waals surface area contributed by atoms with Crippen molar-refractivity contribution in [1.29, 1.82) is 0 Å². The molecule has 1 saturated carbocycles. The van der Waals surface area contributed by atoms with Gasteiger partial charge in [0.2, 0.25) is 11.8 Å². The van der Waals surface area contributed by atoms with Crippen LogP contribution in [0.4, 0.5) is 0 Å². The molecule has 0 bridgehead atoms. The molecule has 2 amide bonds. The molecule has 2 atom stereocenters. The van der Waals surface area contributed by atoms with Gasteiger partial charge < -0.3 is 10.6 Å². The van der Waals surface area contributed by atoms with Crippen LogP contribution in [0.2, 0.25) is 5.02 Å². The van der Waals surface area contributed by atoms with Crippen LogP contribution in [0, 0.1) is 5.92 Å². The van der Waals surface area contributed by atoms with Crippen molar-refractivity contribution in [2.75, 3.05) is 0 Å². The van der Waals surface area contributed by atoms with E-state index in [4.69, 9.17) is 11.6 Å². The van der Waals surface area contributed by atoms with Crippen LogP contribution in [0.5, 0.6) is 0 Å². The van der Waals surface area contributed by atoms with E-state index >= 15 is 0 Å². The SMILES string of the molecule is CC(=O)NC(CC(=O)NC(c1ccc(Cl)cc1)C1CC1)c1ccccc1. The Morgan fingerprint density at radius 3 is 2.23 bits per heavy atom. The van der Waals surface area contributed by atoms with Crippen molar-refractivity contribution < 1.29 is 9.59 Å². The first kappa shape index (κ1) is 18.5. The Hall–Kier alpha value is -2.33. The number of halogens is 1. The van der Waals surface area contributed by atoms with Crippen LogP contribution in [0.1, 0.15) is 49.4 Å². The van der Waals surface area contributed by atoms with Gasteiger partial charge in [-0.1, -0.05) is 54.1 Å². The number of benzene rings is 2. The molecule has 2 N–H and O–H groups in total. The smallest absolute Gasteiger partial charge is 0.222 e. The van der Waals surface area contributed by atoms with Crippen molar-refractivity contribution in [3.05, 3.63) is 70.7 Å². The fourth-order valence-electron chi connectivity index (χ4n) is 3.17. The highest BCUT2D eigenvalue weighted by atomic mass is 35.5. The van der Waals surface area contributed by atoms with E-state index in [2.05, 4.69) is 10.6 Å². The Bertz CT molecular complexity index is 757. The van der Waals surface area contributed by atoms with E-state index in [0.29, 0.717) is 10.9 Å². The Morgan fingerprint density at radius 1 is 1.00 bits per heavy atom.